The van der Waals surface area contributed by atoms with Crippen molar-refractivity contribution in [2.45, 2.75) is 13.0 Å². The summed E-state index contributed by atoms with van der Waals surface area (Å²) < 4.78 is 12.3. The molecule has 0 aliphatic carbocycles. The summed E-state index contributed by atoms with van der Waals surface area (Å²) in [5.74, 6) is -1.21. The minimum atomic E-state index is -0.533. The van der Waals surface area contributed by atoms with E-state index in [1.54, 1.807) is 18.3 Å². The molecule has 3 aromatic rings. The molecule has 9 heteroatoms. The van der Waals surface area contributed by atoms with Crippen molar-refractivity contribution in [3.05, 3.63) is 46.6 Å². The van der Waals surface area contributed by atoms with E-state index < -0.39 is 11.9 Å². The second-order valence-electron chi connectivity index (χ2n) is 6.75. The van der Waals surface area contributed by atoms with Crippen LogP contribution in [0.2, 0.25) is 0 Å². The number of fused-ring (bicyclic) bond motifs is 5. The van der Waals surface area contributed by atoms with E-state index in [1.165, 1.54) is 19.1 Å². The lowest BCUT2D eigenvalue weighted by molar-refractivity contribution is -0.141. The van der Waals surface area contributed by atoms with E-state index in [0.29, 0.717) is 17.1 Å². The number of nitrogens with zero attached hydrogens (tertiary/aromatic N) is 3. The number of aromatic nitrogens is 2. The van der Waals surface area contributed by atoms with Crippen LogP contribution in [0.4, 0.5) is 5.69 Å². The van der Waals surface area contributed by atoms with Crippen LogP contribution in [0.15, 0.2) is 41.0 Å². The standard InChI is InChI=1S/C21H18BrN3O5/c1-29-18(27)10-24-16-4-3-7-23-20(16)21-14(9-17(24)26)13-8-12(22)5-6-15(13)25(21)11-19(28)30-2/h3-8H,9-11H2,1-2H3. The predicted molar refractivity (Wildman–Crippen MR) is 113 cm³/mol. The zero-order valence-corrected chi connectivity index (χ0v) is 17.9. The Morgan fingerprint density at radius 1 is 1.13 bits per heavy atom. The SMILES string of the molecule is COC(=O)CN1C(=O)Cc2c(n(CC(=O)OC)c3ccc(Br)cc23)-c2ncccc21. The first-order valence-electron chi connectivity index (χ1n) is 9.14. The Labute approximate surface area is 180 Å². The fourth-order valence-corrected chi connectivity index (χ4v) is 4.11. The molecule has 30 heavy (non-hydrogen) atoms. The molecule has 0 radical (unpaired) electrons. The third-order valence-corrected chi connectivity index (χ3v) is 5.58. The lowest BCUT2D eigenvalue weighted by Gasteiger charge is -2.21. The maximum absolute atomic E-state index is 13.2. The number of methoxy groups -OCH3 is 2. The van der Waals surface area contributed by atoms with Gasteiger partial charge in [0.2, 0.25) is 5.91 Å². The van der Waals surface area contributed by atoms with Crippen LogP contribution in [-0.2, 0) is 36.8 Å². The predicted octanol–water partition coefficient (Wildman–Crippen LogP) is 2.70. The molecule has 8 nitrogen and oxygen atoms in total. The van der Waals surface area contributed by atoms with Crippen molar-refractivity contribution in [2.24, 2.45) is 0 Å². The van der Waals surface area contributed by atoms with Crippen molar-refractivity contribution in [2.75, 3.05) is 25.7 Å². The number of ether oxygens (including phenoxy) is 2. The molecule has 0 spiro atoms. The maximum atomic E-state index is 13.2. The number of hydrogen-bond acceptors (Lipinski definition) is 6. The molecule has 0 fully saturated rings. The Morgan fingerprint density at radius 2 is 1.87 bits per heavy atom. The Morgan fingerprint density at radius 3 is 2.60 bits per heavy atom. The van der Waals surface area contributed by atoms with Gasteiger partial charge in [-0.1, -0.05) is 15.9 Å². The van der Waals surface area contributed by atoms with Gasteiger partial charge in [0.15, 0.2) is 0 Å². The van der Waals surface area contributed by atoms with E-state index in [9.17, 15) is 14.4 Å². The van der Waals surface area contributed by atoms with Crippen molar-refractivity contribution in [1.82, 2.24) is 9.55 Å². The van der Waals surface area contributed by atoms with Crippen molar-refractivity contribution in [3.8, 4) is 11.4 Å². The smallest absolute Gasteiger partial charge is 0.325 e. The quantitative estimate of drug-likeness (QED) is 0.543. The van der Waals surface area contributed by atoms with E-state index >= 15 is 0 Å². The molecule has 0 atom stereocenters. The van der Waals surface area contributed by atoms with E-state index in [4.69, 9.17) is 9.47 Å². The van der Waals surface area contributed by atoms with Gasteiger partial charge in [-0.25, -0.2) is 0 Å². The van der Waals surface area contributed by atoms with Gasteiger partial charge in [-0.05, 0) is 35.9 Å². The first-order chi connectivity index (χ1) is 14.4. The molecule has 2 aromatic heterocycles. The molecule has 0 N–H and O–H groups in total. The third kappa shape index (κ3) is 3.35. The Kier molecular flexibility index (Phi) is 5.29. The Bertz CT molecular complexity index is 1190. The highest BCUT2D eigenvalue weighted by Crippen LogP contribution is 2.41. The zero-order chi connectivity index (χ0) is 21.4. The number of pyridine rings is 1. The topological polar surface area (TPSA) is 90.7 Å². The number of halogens is 1. The summed E-state index contributed by atoms with van der Waals surface area (Å²) in [5, 5.41) is 0.827. The Balaban J connectivity index is 2.02. The van der Waals surface area contributed by atoms with Crippen LogP contribution in [0, 0.1) is 0 Å². The number of anilines is 1. The van der Waals surface area contributed by atoms with Gasteiger partial charge in [-0.2, -0.15) is 0 Å². The zero-order valence-electron chi connectivity index (χ0n) is 16.3. The first kappa shape index (κ1) is 20.1. The van der Waals surface area contributed by atoms with Gasteiger partial charge in [-0.3, -0.25) is 24.3 Å². The summed E-state index contributed by atoms with van der Waals surface area (Å²) in [5.41, 5.74) is 3.19. The van der Waals surface area contributed by atoms with Gasteiger partial charge in [0.1, 0.15) is 18.8 Å². The monoisotopic (exact) mass is 471 g/mol. The molecule has 0 saturated carbocycles. The minimum Gasteiger partial charge on any atom is -0.468 e. The molecule has 3 heterocycles. The number of esters is 2. The highest BCUT2D eigenvalue weighted by Gasteiger charge is 2.33. The molecule has 1 aliphatic rings. The number of carbonyl (C=O) groups excluding carboxylic acids is 3. The van der Waals surface area contributed by atoms with Crippen LogP contribution in [0.25, 0.3) is 22.3 Å². The van der Waals surface area contributed by atoms with Gasteiger partial charge >= 0.3 is 11.9 Å². The molecule has 0 unspecified atom stereocenters. The van der Waals surface area contributed by atoms with Crippen LogP contribution < -0.4 is 4.90 Å². The average molecular weight is 472 g/mol. The van der Waals surface area contributed by atoms with Gasteiger partial charge in [0.05, 0.1) is 32.0 Å². The van der Waals surface area contributed by atoms with Gasteiger partial charge < -0.3 is 14.0 Å². The lowest BCUT2D eigenvalue weighted by Crippen LogP contribution is -2.36. The van der Waals surface area contributed by atoms with E-state index in [-0.39, 0.29) is 25.4 Å². The maximum Gasteiger partial charge on any atom is 0.325 e. The first-order valence-corrected chi connectivity index (χ1v) is 9.94. The molecule has 1 amide bonds. The van der Waals surface area contributed by atoms with Gasteiger partial charge in [-0.15, -0.1) is 0 Å². The van der Waals surface area contributed by atoms with Crippen molar-refractivity contribution in [3.63, 3.8) is 0 Å². The molecule has 1 aliphatic heterocycles. The minimum absolute atomic E-state index is 0.0365. The summed E-state index contributed by atoms with van der Waals surface area (Å²) >= 11 is 3.48. The van der Waals surface area contributed by atoms with Crippen molar-refractivity contribution in [1.29, 1.82) is 0 Å². The van der Waals surface area contributed by atoms with Crippen LogP contribution in [0.5, 0.6) is 0 Å². The molecule has 4 rings (SSSR count). The third-order valence-electron chi connectivity index (χ3n) is 5.09. The highest BCUT2D eigenvalue weighted by molar-refractivity contribution is 9.10. The van der Waals surface area contributed by atoms with Crippen LogP contribution >= 0.6 is 15.9 Å². The number of benzene rings is 1. The second kappa shape index (κ2) is 7.91. The number of hydrogen-bond donors (Lipinski definition) is 0. The summed E-state index contributed by atoms with van der Waals surface area (Å²) in [4.78, 5) is 43.2. The van der Waals surface area contributed by atoms with Crippen LogP contribution in [0.3, 0.4) is 0 Å². The van der Waals surface area contributed by atoms with E-state index in [0.717, 1.165) is 20.9 Å². The highest BCUT2D eigenvalue weighted by atomic mass is 79.9. The van der Waals surface area contributed by atoms with Crippen molar-refractivity contribution < 1.29 is 23.9 Å². The number of carbonyl (C=O) groups is 3. The van der Waals surface area contributed by atoms with Crippen LogP contribution in [0.1, 0.15) is 5.56 Å². The van der Waals surface area contributed by atoms with E-state index in [1.807, 2.05) is 22.8 Å². The fraction of sp³-hybridized carbons (Fsp3) is 0.238. The number of rotatable bonds is 4. The summed E-state index contributed by atoms with van der Waals surface area (Å²) in [6, 6.07) is 9.10. The lowest BCUT2D eigenvalue weighted by atomic mass is 10.1. The molecule has 1 aromatic carbocycles. The molecule has 0 saturated heterocycles. The molecule has 0 bridgehead atoms. The average Bonchev–Trinajstić information content (AvgIpc) is 2.96. The Hall–Kier alpha value is -3.20. The van der Waals surface area contributed by atoms with E-state index in [2.05, 4.69) is 20.9 Å². The molecular formula is C21H18BrN3O5. The molecule has 154 valence electrons. The van der Waals surface area contributed by atoms with Crippen LogP contribution in [-0.4, -0.2) is 48.2 Å². The van der Waals surface area contributed by atoms with Gasteiger partial charge in [0.25, 0.3) is 0 Å². The fourth-order valence-electron chi connectivity index (χ4n) is 3.75. The van der Waals surface area contributed by atoms with Gasteiger partial charge in [0, 0.05) is 21.6 Å². The van der Waals surface area contributed by atoms with Crippen molar-refractivity contribution >= 4 is 50.4 Å². The molecular weight excluding hydrogens is 454 g/mol. The summed E-state index contributed by atoms with van der Waals surface area (Å²) in [6.07, 6.45) is 1.66. The normalized spacial score (nSPS) is 12.9. The second-order valence-corrected chi connectivity index (χ2v) is 7.67. The summed E-state index contributed by atoms with van der Waals surface area (Å²) in [6.45, 7) is -0.262. The number of amides is 1. The summed E-state index contributed by atoms with van der Waals surface area (Å²) in [7, 11) is 2.61. The largest absolute Gasteiger partial charge is 0.468 e.